The molecule has 0 unspecified atom stereocenters. The van der Waals surface area contributed by atoms with Crippen LogP contribution in [0.3, 0.4) is 0 Å². The highest BCUT2D eigenvalue weighted by atomic mass is 16.5. The van der Waals surface area contributed by atoms with E-state index in [9.17, 15) is 4.79 Å². The van der Waals surface area contributed by atoms with Crippen LogP contribution in [0.25, 0.3) is 5.69 Å². The van der Waals surface area contributed by atoms with Crippen LogP contribution in [0.5, 0.6) is 5.75 Å². The molecule has 1 aromatic heterocycles. The Balaban J connectivity index is 1.70. The highest BCUT2D eigenvalue weighted by Gasteiger charge is 2.09. The lowest BCUT2D eigenvalue weighted by molar-refractivity contribution is 0.102. The third-order valence-corrected chi connectivity index (χ3v) is 3.53. The van der Waals surface area contributed by atoms with Gasteiger partial charge in [-0.05, 0) is 65.4 Å². The van der Waals surface area contributed by atoms with Crippen molar-refractivity contribution in [1.29, 1.82) is 0 Å². The van der Waals surface area contributed by atoms with Crippen molar-refractivity contribution in [1.82, 2.24) is 20.2 Å². The number of rotatable bonds is 6. The average Bonchev–Trinajstić information content (AvgIpc) is 3.15. The molecule has 0 spiro atoms. The van der Waals surface area contributed by atoms with Crippen LogP contribution < -0.4 is 10.1 Å². The van der Waals surface area contributed by atoms with Crippen LogP contribution in [-0.4, -0.2) is 32.7 Å². The van der Waals surface area contributed by atoms with Crippen molar-refractivity contribution in [3.63, 3.8) is 0 Å². The van der Waals surface area contributed by atoms with E-state index in [1.807, 2.05) is 25.1 Å². The molecule has 3 rings (SSSR count). The number of aryl methyl sites for hydroxylation is 1. The van der Waals surface area contributed by atoms with Gasteiger partial charge in [0, 0.05) is 11.3 Å². The summed E-state index contributed by atoms with van der Waals surface area (Å²) in [6.45, 7) is 5.95. The zero-order chi connectivity index (χ0) is 17.6. The Morgan fingerprint density at radius 3 is 2.72 bits per heavy atom. The van der Waals surface area contributed by atoms with Crippen molar-refractivity contribution in [3.05, 3.63) is 72.6 Å². The largest absolute Gasteiger partial charge is 0.490 e. The summed E-state index contributed by atoms with van der Waals surface area (Å²) < 4.78 is 6.98. The second-order valence-corrected chi connectivity index (χ2v) is 5.33. The molecule has 2 aromatic carbocycles. The highest BCUT2D eigenvalue weighted by molar-refractivity contribution is 6.04. The Bertz CT molecular complexity index is 873. The summed E-state index contributed by atoms with van der Waals surface area (Å²) in [6, 6.07) is 12.5. The molecule has 0 aliphatic rings. The molecule has 1 amide bonds. The van der Waals surface area contributed by atoms with Crippen LogP contribution in [-0.2, 0) is 0 Å². The van der Waals surface area contributed by atoms with Crippen LogP contribution >= 0.6 is 0 Å². The Morgan fingerprint density at radius 1 is 1.28 bits per heavy atom. The van der Waals surface area contributed by atoms with E-state index in [1.54, 1.807) is 35.0 Å². The fourth-order valence-electron chi connectivity index (χ4n) is 2.32. The molecular formula is C18H17N5O2. The molecule has 0 aliphatic carbocycles. The van der Waals surface area contributed by atoms with E-state index < -0.39 is 0 Å². The van der Waals surface area contributed by atoms with Crippen LogP contribution in [0, 0.1) is 6.92 Å². The number of nitrogens with one attached hydrogen (secondary N) is 1. The van der Waals surface area contributed by atoms with Crippen molar-refractivity contribution in [2.75, 3.05) is 11.9 Å². The quantitative estimate of drug-likeness (QED) is 0.701. The van der Waals surface area contributed by atoms with Gasteiger partial charge < -0.3 is 10.1 Å². The number of aromatic nitrogens is 4. The van der Waals surface area contributed by atoms with Crippen molar-refractivity contribution < 1.29 is 9.53 Å². The van der Waals surface area contributed by atoms with Gasteiger partial charge in [-0.25, -0.2) is 4.68 Å². The van der Waals surface area contributed by atoms with Crippen molar-refractivity contribution in [2.45, 2.75) is 6.92 Å². The van der Waals surface area contributed by atoms with Crippen LogP contribution in [0.1, 0.15) is 15.9 Å². The third kappa shape index (κ3) is 3.89. The summed E-state index contributed by atoms with van der Waals surface area (Å²) in [5, 5.41) is 14.0. The van der Waals surface area contributed by atoms with Gasteiger partial charge in [0.1, 0.15) is 18.7 Å². The van der Waals surface area contributed by atoms with Crippen molar-refractivity contribution >= 4 is 11.6 Å². The van der Waals surface area contributed by atoms with E-state index >= 15 is 0 Å². The van der Waals surface area contributed by atoms with Gasteiger partial charge in [-0.3, -0.25) is 4.79 Å². The van der Waals surface area contributed by atoms with Gasteiger partial charge in [0.15, 0.2) is 0 Å². The first-order valence-electron chi connectivity index (χ1n) is 7.66. The molecule has 0 bridgehead atoms. The van der Waals surface area contributed by atoms with E-state index in [4.69, 9.17) is 4.74 Å². The van der Waals surface area contributed by atoms with Crippen LogP contribution in [0.4, 0.5) is 5.69 Å². The Hall–Kier alpha value is -3.48. The summed E-state index contributed by atoms with van der Waals surface area (Å²) in [6.07, 6.45) is 3.19. The maximum absolute atomic E-state index is 12.4. The van der Waals surface area contributed by atoms with Crippen LogP contribution in [0.15, 0.2) is 61.4 Å². The minimum absolute atomic E-state index is 0.190. The molecule has 7 nitrogen and oxygen atoms in total. The predicted molar refractivity (Wildman–Crippen MR) is 94.0 cm³/mol. The predicted octanol–water partition coefficient (Wildman–Crippen LogP) is 2.79. The Kier molecular flexibility index (Phi) is 4.84. The van der Waals surface area contributed by atoms with E-state index in [0.29, 0.717) is 23.6 Å². The lowest BCUT2D eigenvalue weighted by atomic mass is 10.1. The van der Waals surface area contributed by atoms with Gasteiger partial charge in [0.05, 0.1) is 5.69 Å². The Morgan fingerprint density at radius 2 is 2.08 bits per heavy atom. The molecule has 0 atom stereocenters. The number of amides is 1. The molecule has 0 aliphatic heterocycles. The molecule has 1 N–H and O–H groups in total. The van der Waals surface area contributed by atoms with Crippen molar-refractivity contribution in [2.24, 2.45) is 0 Å². The first kappa shape index (κ1) is 16.4. The fourth-order valence-corrected chi connectivity index (χ4v) is 2.32. The Labute approximate surface area is 144 Å². The minimum Gasteiger partial charge on any atom is -0.490 e. The van der Waals surface area contributed by atoms with Gasteiger partial charge in [-0.1, -0.05) is 12.7 Å². The van der Waals surface area contributed by atoms with Crippen LogP contribution in [0.2, 0.25) is 0 Å². The monoisotopic (exact) mass is 335 g/mol. The highest BCUT2D eigenvalue weighted by Crippen LogP contribution is 2.19. The molecule has 0 saturated carbocycles. The molecular weight excluding hydrogens is 318 g/mol. The summed E-state index contributed by atoms with van der Waals surface area (Å²) in [5.41, 5.74) is 3.05. The topological polar surface area (TPSA) is 81.9 Å². The zero-order valence-corrected chi connectivity index (χ0v) is 13.7. The smallest absolute Gasteiger partial charge is 0.255 e. The summed E-state index contributed by atoms with van der Waals surface area (Å²) in [4.78, 5) is 12.4. The van der Waals surface area contributed by atoms with Gasteiger partial charge in [-0.2, -0.15) is 0 Å². The molecule has 25 heavy (non-hydrogen) atoms. The molecule has 0 saturated heterocycles. The van der Waals surface area contributed by atoms with Gasteiger partial charge >= 0.3 is 0 Å². The number of hydrogen-bond acceptors (Lipinski definition) is 5. The second-order valence-electron chi connectivity index (χ2n) is 5.33. The molecule has 3 aromatic rings. The molecule has 0 radical (unpaired) electrons. The maximum Gasteiger partial charge on any atom is 0.255 e. The SMILES string of the molecule is C=CCOc1ccc(C(=O)Nc2ccc(-n3cnnn3)c(C)c2)cc1. The fraction of sp³-hybridized carbons (Fsp3) is 0.111. The van der Waals surface area contributed by atoms with Gasteiger partial charge in [0.25, 0.3) is 5.91 Å². The number of ether oxygens (including phenoxy) is 1. The summed E-state index contributed by atoms with van der Waals surface area (Å²) >= 11 is 0. The molecule has 0 fully saturated rings. The standard InChI is InChI=1S/C18H17N5O2/c1-3-10-25-16-7-4-14(5-8-16)18(24)20-15-6-9-17(13(2)11-15)23-12-19-21-22-23/h3-9,11-12H,1,10H2,2H3,(H,20,24). The summed E-state index contributed by atoms with van der Waals surface area (Å²) in [7, 11) is 0. The number of nitrogens with zero attached hydrogens (tertiary/aromatic N) is 4. The lowest BCUT2D eigenvalue weighted by Crippen LogP contribution is -2.12. The lowest BCUT2D eigenvalue weighted by Gasteiger charge is -2.10. The normalized spacial score (nSPS) is 10.3. The second kappa shape index (κ2) is 7.39. The number of hydrogen-bond donors (Lipinski definition) is 1. The number of anilines is 1. The summed E-state index contributed by atoms with van der Waals surface area (Å²) in [5.74, 6) is 0.503. The number of carbonyl (C=O) groups excluding carboxylic acids is 1. The minimum atomic E-state index is -0.190. The van der Waals surface area contributed by atoms with E-state index in [-0.39, 0.29) is 5.91 Å². The first-order valence-corrected chi connectivity index (χ1v) is 7.66. The number of carbonyl (C=O) groups is 1. The molecule has 1 heterocycles. The zero-order valence-electron chi connectivity index (χ0n) is 13.7. The van der Waals surface area contributed by atoms with Gasteiger partial charge in [-0.15, -0.1) is 5.10 Å². The van der Waals surface area contributed by atoms with E-state index in [2.05, 4.69) is 27.4 Å². The van der Waals surface area contributed by atoms with Crippen molar-refractivity contribution in [3.8, 4) is 11.4 Å². The third-order valence-electron chi connectivity index (χ3n) is 3.53. The molecule has 126 valence electrons. The van der Waals surface area contributed by atoms with E-state index in [0.717, 1.165) is 11.3 Å². The van der Waals surface area contributed by atoms with Gasteiger partial charge in [0.2, 0.25) is 0 Å². The number of tetrazole rings is 1. The van der Waals surface area contributed by atoms with E-state index in [1.165, 1.54) is 6.33 Å². The maximum atomic E-state index is 12.4. The average molecular weight is 335 g/mol. The molecule has 7 heteroatoms. The first-order chi connectivity index (χ1) is 12.2. The number of benzene rings is 2.